The van der Waals surface area contributed by atoms with Crippen LogP contribution >= 0.6 is 15.9 Å². The van der Waals surface area contributed by atoms with Gasteiger partial charge >= 0.3 is 5.97 Å². The highest BCUT2D eigenvalue weighted by atomic mass is 79.9. The molecule has 138 valence electrons. The average Bonchev–Trinajstić information content (AvgIpc) is 2.54. The molecule has 2 rings (SSSR count). The summed E-state index contributed by atoms with van der Waals surface area (Å²) >= 11 is 3.28. The molecule has 0 saturated carbocycles. The molecule has 1 heterocycles. The van der Waals surface area contributed by atoms with Crippen molar-refractivity contribution in [2.24, 2.45) is 5.92 Å². The van der Waals surface area contributed by atoms with Crippen molar-refractivity contribution in [1.29, 1.82) is 0 Å². The molecular weight excluding hydrogens is 406 g/mol. The summed E-state index contributed by atoms with van der Waals surface area (Å²) in [5.41, 5.74) is -0.662. The van der Waals surface area contributed by atoms with Crippen LogP contribution in [0.15, 0.2) is 39.6 Å². The number of carbonyl (C=O) groups is 2. The fourth-order valence-electron chi connectivity index (χ4n) is 2.30. The van der Waals surface area contributed by atoms with Crippen LogP contribution in [0.5, 0.6) is 5.75 Å². The summed E-state index contributed by atoms with van der Waals surface area (Å²) in [5.74, 6) is -2.64. The van der Waals surface area contributed by atoms with Crippen LogP contribution in [0.3, 0.4) is 0 Å². The number of carboxylic acid groups (broad SMARTS) is 1. The van der Waals surface area contributed by atoms with Crippen molar-refractivity contribution in [3.63, 3.8) is 0 Å². The minimum absolute atomic E-state index is 0.0367. The third kappa shape index (κ3) is 4.69. The van der Waals surface area contributed by atoms with Crippen molar-refractivity contribution in [2.45, 2.75) is 26.3 Å². The van der Waals surface area contributed by atoms with E-state index in [4.69, 9.17) is 0 Å². The second-order valence-electron chi connectivity index (χ2n) is 6.10. The SMILES string of the molecule is CC(C)CC(NC(=O)c1nn(-c2ccc(Br)cc2)c(=O)cc1O)C(=O)O. The third-order valence-electron chi connectivity index (χ3n) is 3.51. The molecule has 0 aliphatic rings. The van der Waals surface area contributed by atoms with Gasteiger partial charge in [0.2, 0.25) is 0 Å². The first kappa shape index (κ1) is 19.6. The molecule has 0 aliphatic heterocycles. The van der Waals surface area contributed by atoms with Gasteiger partial charge in [-0.1, -0.05) is 29.8 Å². The molecule has 8 nitrogen and oxygen atoms in total. The number of aromatic nitrogens is 2. The van der Waals surface area contributed by atoms with E-state index >= 15 is 0 Å². The van der Waals surface area contributed by atoms with Crippen molar-refractivity contribution in [3.05, 3.63) is 50.9 Å². The zero-order valence-electron chi connectivity index (χ0n) is 14.1. The van der Waals surface area contributed by atoms with Crippen LogP contribution < -0.4 is 10.9 Å². The number of benzene rings is 1. The van der Waals surface area contributed by atoms with Crippen molar-refractivity contribution in [2.75, 3.05) is 0 Å². The fourth-order valence-corrected chi connectivity index (χ4v) is 2.56. The van der Waals surface area contributed by atoms with E-state index in [9.17, 15) is 24.6 Å². The number of nitrogens with one attached hydrogen (secondary N) is 1. The molecule has 1 aromatic heterocycles. The standard InChI is InChI=1S/C17H18BrN3O5/c1-9(2)7-12(17(25)26)19-16(24)15-13(22)8-14(23)21(20-15)11-5-3-10(18)4-6-11/h3-6,8-9,12,22H,7H2,1-2H3,(H,19,24)(H,25,26). The van der Waals surface area contributed by atoms with Gasteiger partial charge in [0.1, 0.15) is 6.04 Å². The molecule has 0 radical (unpaired) electrons. The van der Waals surface area contributed by atoms with Gasteiger partial charge in [0.15, 0.2) is 11.4 Å². The van der Waals surface area contributed by atoms with Gasteiger partial charge in [0.25, 0.3) is 11.5 Å². The third-order valence-corrected chi connectivity index (χ3v) is 4.04. The van der Waals surface area contributed by atoms with Crippen LogP contribution in [0.25, 0.3) is 5.69 Å². The van der Waals surface area contributed by atoms with Crippen LogP contribution in [0.2, 0.25) is 0 Å². The van der Waals surface area contributed by atoms with Gasteiger partial charge in [-0.15, -0.1) is 0 Å². The Morgan fingerprint density at radius 3 is 2.42 bits per heavy atom. The Labute approximate surface area is 157 Å². The van der Waals surface area contributed by atoms with E-state index in [1.165, 1.54) is 0 Å². The summed E-state index contributed by atoms with van der Waals surface area (Å²) in [6.45, 7) is 3.65. The van der Waals surface area contributed by atoms with Crippen molar-refractivity contribution >= 4 is 27.8 Å². The van der Waals surface area contributed by atoms with Gasteiger partial charge in [0.05, 0.1) is 5.69 Å². The first-order valence-electron chi connectivity index (χ1n) is 7.82. The van der Waals surface area contributed by atoms with Gasteiger partial charge in [-0.2, -0.15) is 9.78 Å². The number of carbonyl (C=O) groups excluding carboxylic acids is 1. The monoisotopic (exact) mass is 423 g/mol. The highest BCUT2D eigenvalue weighted by Crippen LogP contribution is 2.16. The Bertz CT molecular complexity index is 877. The highest BCUT2D eigenvalue weighted by molar-refractivity contribution is 9.10. The Kier molecular flexibility index (Phi) is 6.14. The zero-order valence-corrected chi connectivity index (χ0v) is 15.7. The Balaban J connectivity index is 2.38. The molecule has 0 fully saturated rings. The fraction of sp³-hybridized carbons (Fsp3) is 0.294. The average molecular weight is 424 g/mol. The van der Waals surface area contributed by atoms with Crippen LogP contribution in [0.4, 0.5) is 0 Å². The van der Waals surface area contributed by atoms with Crippen molar-refractivity contribution in [3.8, 4) is 11.4 Å². The molecule has 3 N–H and O–H groups in total. The predicted octanol–water partition coefficient (Wildman–Crippen LogP) is 1.93. The van der Waals surface area contributed by atoms with Crippen LogP contribution in [0.1, 0.15) is 30.8 Å². The molecule has 1 atom stereocenters. The highest BCUT2D eigenvalue weighted by Gasteiger charge is 2.25. The van der Waals surface area contributed by atoms with Gasteiger partial charge in [0, 0.05) is 10.5 Å². The number of aliphatic carboxylic acids is 1. The molecule has 0 saturated heterocycles. The minimum Gasteiger partial charge on any atom is -0.505 e. The lowest BCUT2D eigenvalue weighted by Crippen LogP contribution is -2.42. The smallest absolute Gasteiger partial charge is 0.326 e. The molecule has 2 aromatic rings. The van der Waals surface area contributed by atoms with Gasteiger partial charge < -0.3 is 15.5 Å². The number of hydrogen-bond acceptors (Lipinski definition) is 5. The minimum atomic E-state index is -1.19. The largest absolute Gasteiger partial charge is 0.505 e. The molecule has 0 spiro atoms. The topological polar surface area (TPSA) is 122 Å². The molecule has 9 heteroatoms. The first-order valence-corrected chi connectivity index (χ1v) is 8.61. The van der Waals surface area contributed by atoms with E-state index in [1.807, 2.05) is 13.8 Å². The van der Waals surface area contributed by atoms with Crippen LogP contribution in [-0.2, 0) is 4.79 Å². The summed E-state index contributed by atoms with van der Waals surface area (Å²) in [6.07, 6.45) is 0.216. The molecule has 0 bridgehead atoms. The zero-order chi connectivity index (χ0) is 19.4. The summed E-state index contributed by atoms with van der Waals surface area (Å²) in [5, 5.41) is 25.4. The molecule has 26 heavy (non-hydrogen) atoms. The van der Waals surface area contributed by atoms with Gasteiger partial charge in [-0.05, 0) is 36.6 Å². The van der Waals surface area contributed by atoms with E-state index in [0.29, 0.717) is 5.69 Å². The molecule has 1 amide bonds. The maximum atomic E-state index is 12.4. The van der Waals surface area contributed by atoms with Crippen molar-refractivity contribution < 1.29 is 19.8 Å². The van der Waals surface area contributed by atoms with Gasteiger partial charge in [-0.3, -0.25) is 9.59 Å². The number of hydrogen-bond donors (Lipinski definition) is 3. The number of rotatable bonds is 6. The summed E-state index contributed by atoms with van der Waals surface area (Å²) in [7, 11) is 0. The summed E-state index contributed by atoms with van der Waals surface area (Å²) in [4.78, 5) is 35.8. The quantitative estimate of drug-likeness (QED) is 0.652. The Morgan fingerprint density at radius 2 is 1.88 bits per heavy atom. The van der Waals surface area contributed by atoms with E-state index in [0.717, 1.165) is 15.2 Å². The van der Waals surface area contributed by atoms with E-state index in [2.05, 4.69) is 26.3 Å². The maximum absolute atomic E-state index is 12.4. The molecular formula is C17H18BrN3O5. The number of nitrogens with zero attached hydrogens (tertiary/aromatic N) is 2. The summed E-state index contributed by atoms with van der Waals surface area (Å²) < 4.78 is 1.75. The second-order valence-corrected chi connectivity index (χ2v) is 7.01. The molecule has 1 unspecified atom stereocenters. The predicted molar refractivity (Wildman–Crippen MR) is 97.5 cm³/mol. The Hall–Kier alpha value is -2.68. The van der Waals surface area contributed by atoms with Gasteiger partial charge in [-0.25, -0.2) is 4.79 Å². The second kappa shape index (κ2) is 8.13. The lowest BCUT2D eigenvalue weighted by Gasteiger charge is -2.16. The number of carboxylic acids is 1. The number of aromatic hydroxyl groups is 1. The molecule has 0 aliphatic carbocycles. The van der Waals surface area contributed by atoms with Crippen LogP contribution in [-0.4, -0.2) is 37.9 Å². The summed E-state index contributed by atoms with van der Waals surface area (Å²) in [6, 6.07) is 6.34. The lowest BCUT2D eigenvalue weighted by atomic mass is 10.0. The van der Waals surface area contributed by atoms with Crippen LogP contribution in [0, 0.1) is 5.92 Å². The first-order chi connectivity index (χ1) is 12.2. The lowest BCUT2D eigenvalue weighted by molar-refractivity contribution is -0.139. The van der Waals surface area contributed by atoms with E-state index in [1.54, 1.807) is 24.3 Å². The van der Waals surface area contributed by atoms with E-state index < -0.39 is 34.9 Å². The molecule has 1 aromatic carbocycles. The van der Waals surface area contributed by atoms with Crippen molar-refractivity contribution in [1.82, 2.24) is 15.1 Å². The maximum Gasteiger partial charge on any atom is 0.326 e. The normalized spacial score (nSPS) is 12.0. The van der Waals surface area contributed by atoms with E-state index in [-0.39, 0.29) is 12.3 Å². The number of halogens is 1. The Morgan fingerprint density at radius 1 is 1.27 bits per heavy atom. The number of amides is 1.